The molecule has 0 spiro atoms. The number of nitrogens with one attached hydrogen (secondary N) is 2. The molecule has 1 aromatic heterocycles. The van der Waals surface area contributed by atoms with Crippen LogP contribution in [0.1, 0.15) is 41.1 Å². The molecule has 11 heteroatoms. The number of carbonyl (C=O) groups excluding carboxylic acids is 2. The number of esters is 1. The van der Waals surface area contributed by atoms with Crippen LogP contribution in [0.25, 0.3) is 0 Å². The molecule has 4 aromatic rings. The summed E-state index contributed by atoms with van der Waals surface area (Å²) in [6.45, 7) is -0.0251. The normalized spacial score (nSPS) is 18.6. The Labute approximate surface area is 260 Å². The summed E-state index contributed by atoms with van der Waals surface area (Å²) in [5.41, 5.74) is 4.04. The number of rotatable bonds is 11. The molecule has 5 rings (SSSR count). The number of aliphatic hydroxyl groups is 1. The lowest BCUT2D eigenvalue weighted by Gasteiger charge is -2.36. The van der Waals surface area contributed by atoms with Crippen molar-refractivity contribution in [3.63, 3.8) is 0 Å². The van der Waals surface area contributed by atoms with Crippen molar-refractivity contribution in [1.29, 1.82) is 0 Å². The minimum absolute atomic E-state index is 0.0251. The molecule has 2 amide bonds. The Kier molecular flexibility index (Phi) is 10.9. The number of methoxy groups -OCH3 is 1. The molecule has 0 radical (unpaired) electrons. The van der Waals surface area contributed by atoms with E-state index in [-0.39, 0.29) is 18.8 Å². The highest BCUT2D eigenvalue weighted by Gasteiger charge is 2.32. The van der Waals surface area contributed by atoms with Gasteiger partial charge in [0.25, 0.3) is 0 Å². The number of urea groups is 1. The highest BCUT2D eigenvalue weighted by atomic mass is 32.2. The zero-order chi connectivity index (χ0) is 30.7. The van der Waals surface area contributed by atoms with Crippen LogP contribution in [-0.4, -0.2) is 52.1 Å². The van der Waals surface area contributed by atoms with E-state index in [2.05, 4.69) is 20.6 Å². The molecular formula is C33H34N4O6S. The van der Waals surface area contributed by atoms with Crippen molar-refractivity contribution in [2.24, 2.45) is 0 Å². The number of benzene rings is 3. The minimum Gasteiger partial charge on any atom is -0.467 e. The number of thioether (sulfide) groups is 1. The van der Waals surface area contributed by atoms with Crippen molar-refractivity contribution in [2.45, 2.75) is 49.1 Å². The zero-order valence-corrected chi connectivity index (χ0v) is 25.0. The maximum absolute atomic E-state index is 12.8. The number of aromatic nitrogens is 2. The first kappa shape index (κ1) is 31.1. The number of ether oxygens (including phenoxy) is 3. The smallest absolute Gasteiger partial charge is 0.328 e. The maximum Gasteiger partial charge on any atom is 0.328 e. The number of aliphatic hydroxyl groups excluding tert-OH is 1. The van der Waals surface area contributed by atoms with Crippen molar-refractivity contribution in [3.05, 3.63) is 120 Å². The topological polar surface area (TPSA) is 132 Å². The molecule has 0 unspecified atom stereocenters. The molecule has 1 saturated heterocycles. The zero-order valence-electron chi connectivity index (χ0n) is 24.2. The summed E-state index contributed by atoms with van der Waals surface area (Å²) in [7, 11) is 1.29. The van der Waals surface area contributed by atoms with E-state index in [4.69, 9.17) is 14.2 Å². The van der Waals surface area contributed by atoms with E-state index in [9.17, 15) is 14.7 Å². The molecule has 1 fully saturated rings. The lowest BCUT2D eigenvalue weighted by Crippen LogP contribution is -2.45. The predicted octanol–water partition coefficient (Wildman–Crippen LogP) is 5.21. The first-order chi connectivity index (χ1) is 21.5. The molecule has 0 saturated carbocycles. The average molecular weight is 615 g/mol. The SMILES string of the molecule is COC(=O)[C@H](Cc1ccccc1)NC(=O)Nc1ccc([C@H]2O[C@@H](CSc3ncccn3)C[C@@H](c3ccc(CO)cc3)O2)cc1. The van der Waals surface area contributed by atoms with Crippen LogP contribution in [0.4, 0.5) is 10.5 Å². The second-order valence-corrected chi connectivity index (χ2v) is 11.2. The van der Waals surface area contributed by atoms with E-state index in [0.717, 1.165) is 22.3 Å². The predicted molar refractivity (Wildman–Crippen MR) is 166 cm³/mol. The largest absolute Gasteiger partial charge is 0.467 e. The van der Waals surface area contributed by atoms with Gasteiger partial charge in [0.05, 0.1) is 25.9 Å². The van der Waals surface area contributed by atoms with Gasteiger partial charge < -0.3 is 30.0 Å². The van der Waals surface area contributed by atoms with E-state index >= 15 is 0 Å². The number of amides is 2. The molecule has 10 nitrogen and oxygen atoms in total. The minimum atomic E-state index is -0.842. The van der Waals surface area contributed by atoms with Crippen LogP contribution in [0, 0.1) is 0 Å². The summed E-state index contributed by atoms with van der Waals surface area (Å²) in [6.07, 6.45) is 3.34. The third kappa shape index (κ3) is 8.64. The molecule has 3 N–H and O–H groups in total. The van der Waals surface area contributed by atoms with Crippen molar-refractivity contribution < 1.29 is 28.9 Å². The van der Waals surface area contributed by atoms with Gasteiger partial charge in [-0.3, -0.25) is 0 Å². The highest BCUT2D eigenvalue weighted by Crippen LogP contribution is 2.39. The standard InChI is InChI=1S/C33H34N4O6S/c1-41-30(39)28(18-22-6-3-2-4-7-22)37-32(40)36-26-14-12-25(13-15-26)31-42-27(21-44-33-34-16-5-17-35-33)19-29(43-31)24-10-8-23(20-38)9-11-24/h2-17,27-29,31,38H,18-21H2,1H3,(H2,36,37,40)/t27-,28+,29+,31+/m1/s1. The lowest BCUT2D eigenvalue weighted by atomic mass is 10.0. The van der Waals surface area contributed by atoms with Gasteiger partial charge in [-0.15, -0.1) is 0 Å². The second-order valence-electron chi connectivity index (χ2n) is 10.2. The van der Waals surface area contributed by atoms with Gasteiger partial charge in [0.2, 0.25) is 0 Å². The number of hydrogen-bond donors (Lipinski definition) is 3. The summed E-state index contributed by atoms with van der Waals surface area (Å²) in [6, 6.07) is 24.7. The monoisotopic (exact) mass is 614 g/mol. The van der Waals surface area contributed by atoms with Crippen LogP contribution in [-0.2, 0) is 32.0 Å². The number of anilines is 1. The summed E-state index contributed by atoms with van der Waals surface area (Å²) < 4.78 is 17.7. The van der Waals surface area contributed by atoms with Gasteiger partial charge in [-0.05, 0) is 34.9 Å². The Bertz CT molecular complexity index is 1490. The van der Waals surface area contributed by atoms with Gasteiger partial charge in [0, 0.05) is 42.2 Å². The van der Waals surface area contributed by atoms with Gasteiger partial charge in [-0.2, -0.15) is 0 Å². The molecule has 1 aliphatic rings. The van der Waals surface area contributed by atoms with Crippen LogP contribution in [0.5, 0.6) is 0 Å². The first-order valence-electron chi connectivity index (χ1n) is 14.2. The Morgan fingerprint density at radius 1 is 0.932 bits per heavy atom. The Morgan fingerprint density at radius 2 is 1.64 bits per heavy atom. The molecule has 1 aliphatic heterocycles. The van der Waals surface area contributed by atoms with Gasteiger partial charge >= 0.3 is 12.0 Å². The van der Waals surface area contributed by atoms with Gasteiger partial charge in [0.15, 0.2) is 11.4 Å². The third-order valence-electron chi connectivity index (χ3n) is 7.07. The van der Waals surface area contributed by atoms with Crippen LogP contribution < -0.4 is 10.6 Å². The molecule has 4 atom stereocenters. The van der Waals surface area contributed by atoms with E-state index in [1.165, 1.54) is 18.9 Å². The molecule has 2 heterocycles. The summed E-state index contributed by atoms with van der Waals surface area (Å²) in [5, 5.41) is 15.6. The molecule has 44 heavy (non-hydrogen) atoms. The van der Waals surface area contributed by atoms with Gasteiger partial charge in [-0.1, -0.05) is 78.5 Å². The second kappa shape index (κ2) is 15.4. The van der Waals surface area contributed by atoms with E-state index < -0.39 is 24.3 Å². The van der Waals surface area contributed by atoms with Crippen molar-refractivity contribution in [2.75, 3.05) is 18.2 Å². The molecule has 228 valence electrons. The lowest BCUT2D eigenvalue weighted by molar-refractivity contribution is -0.245. The highest BCUT2D eigenvalue weighted by molar-refractivity contribution is 7.99. The molecule has 0 aliphatic carbocycles. The number of carbonyl (C=O) groups is 2. The summed E-state index contributed by atoms with van der Waals surface area (Å²) >= 11 is 1.52. The average Bonchev–Trinajstić information content (AvgIpc) is 3.08. The fraction of sp³-hybridized carbons (Fsp3) is 0.273. The quantitative estimate of drug-likeness (QED) is 0.118. The molecule has 3 aromatic carbocycles. The Hall–Kier alpha value is -4.29. The number of nitrogens with zero attached hydrogens (tertiary/aromatic N) is 2. The van der Waals surface area contributed by atoms with Crippen molar-refractivity contribution in [1.82, 2.24) is 15.3 Å². The van der Waals surface area contributed by atoms with Crippen LogP contribution >= 0.6 is 11.8 Å². The van der Waals surface area contributed by atoms with E-state index in [0.29, 0.717) is 29.4 Å². The van der Waals surface area contributed by atoms with Crippen LogP contribution in [0.3, 0.4) is 0 Å². The molecular weight excluding hydrogens is 580 g/mol. The van der Waals surface area contributed by atoms with E-state index in [1.54, 1.807) is 30.6 Å². The number of hydrogen-bond acceptors (Lipinski definition) is 9. The Morgan fingerprint density at radius 3 is 2.32 bits per heavy atom. The molecule has 0 bridgehead atoms. The Balaban J connectivity index is 1.25. The first-order valence-corrected chi connectivity index (χ1v) is 15.2. The van der Waals surface area contributed by atoms with Gasteiger partial charge in [0.1, 0.15) is 6.04 Å². The summed E-state index contributed by atoms with van der Waals surface area (Å²) in [5.74, 6) is 0.109. The van der Waals surface area contributed by atoms with Crippen LogP contribution in [0.2, 0.25) is 0 Å². The fourth-order valence-corrected chi connectivity index (χ4v) is 5.60. The van der Waals surface area contributed by atoms with Crippen LogP contribution in [0.15, 0.2) is 102 Å². The maximum atomic E-state index is 12.8. The van der Waals surface area contributed by atoms with Crippen molar-refractivity contribution >= 4 is 29.4 Å². The van der Waals surface area contributed by atoms with E-state index in [1.807, 2.05) is 66.7 Å². The summed E-state index contributed by atoms with van der Waals surface area (Å²) in [4.78, 5) is 33.7. The fourth-order valence-electron chi connectivity index (χ4n) is 4.78. The van der Waals surface area contributed by atoms with Crippen molar-refractivity contribution in [3.8, 4) is 0 Å². The third-order valence-corrected chi connectivity index (χ3v) is 8.08. The van der Waals surface area contributed by atoms with Gasteiger partial charge in [-0.25, -0.2) is 19.6 Å².